The highest BCUT2D eigenvalue weighted by molar-refractivity contribution is 5.92. The smallest absolute Gasteiger partial charge is 0.270 e. The SMILES string of the molecule is COc1ccc(-c2ccc(C(=O)NCc3cccc(O[C@H]4C[C@H]5CC[C@@H](C4)N5C)c3)nc2)cc1. The molecule has 6 heteroatoms. The van der Waals surface area contributed by atoms with Crippen LogP contribution in [0.3, 0.4) is 0 Å². The average molecular weight is 458 g/mol. The second-order valence-corrected chi connectivity index (χ2v) is 9.25. The Hall–Kier alpha value is -3.38. The molecule has 0 radical (unpaired) electrons. The van der Waals surface area contributed by atoms with Crippen LogP contribution in [0.2, 0.25) is 0 Å². The lowest BCUT2D eigenvalue weighted by Gasteiger charge is -2.36. The molecule has 2 aromatic carbocycles. The summed E-state index contributed by atoms with van der Waals surface area (Å²) in [5, 5.41) is 2.97. The molecule has 0 unspecified atom stereocenters. The van der Waals surface area contributed by atoms with Crippen LogP contribution in [-0.2, 0) is 6.54 Å². The minimum Gasteiger partial charge on any atom is -0.497 e. The molecule has 3 aromatic rings. The molecule has 0 spiro atoms. The molecule has 2 bridgehead atoms. The van der Waals surface area contributed by atoms with E-state index in [9.17, 15) is 4.79 Å². The molecule has 2 aliphatic heterocycles. The summed E-state index contributed by atoms with van der Waals surface area (Å²) in [5.41, 5.74) is 3.38. The number of carbonyl (C=O) groups is 1. The van der Waals surface area contributed by atoms with Crippen LogP contribution in [-0.4, -0.2) is 48.1 Å². The van der Waals surface area contributed by atoms with Crippen molar-refractivity contribution in [1.29, 1.82) is 0 Å². The molecular formula is C28H31N3O3. The molecule has 34 heavy (non-hydrogen) atoms. The predicted octanol–water partition coefficient (Wildman–Crippen LogP) is 4.69. The average Bonchev–Trinajstić information content (AvgIpc) is 3.07. The number of methoxy groups -OCH3 is 1. The summed E-state index contributed by atoms with van der Waals surface area (Å²) in [7, 11) is 3.88. The van der Waals surface area contributed by atoms with Gasteiger partial charge in [0.2, 0.25) is 0 Å². The van der Waals surface area contributed by atoms with Crippen molar-refractivity contribution in [3.8, 4) is 22.6 Å². The number of nitrogens with one attached hydrogen (secondary N) is 1. The largest absolute Gasteiger partial charge is 0.497 e. The van der Waals surface area contributed by atoms with Gasteiger partial charge < -0.3 is 19.7 Å². The second-order valence-electron chi connectivity index (χ2n) is 9.25. The number of fused-ring (bicyclic) bond motifs is 2. The zero-order valence-corrected chi connectivity index (χ0v) is 19.7. The highest BCUT2D eigenvalue weighted by Crippen LogP contribution is 2.36. The third-order valence-electron chi connectivity index (χ3n) is 7.13. The van der Waals surface area contributed by atoms with Gasteiger partial charge in [0, 0.05) is 30.4 Å². The molecule has 2 saturated heterocycles. The summed E-state index contributed by atoms with van der Waals surface area (Å²) in [6, 6.07) is 20.7. The predicted molar refractivity (Wildman–Crippen MR) is 132 cm³/mol. The van der Waals surface area contributed by atoms with Crippen molar-refractivity contribution in [2.45, 2.75) is 50.4 Å². The van der Waals surface area contributed by atoms with Gasteiger partial charge in [0.1, 0.15) is 23.3 Å². The van der Waals surface area contributed by atoms with E-state index in [1.165, 1.54) is 12.8 Å². The van der Waals surface area contributed by atoms with Gasteiger partial charge in [-0.05, 0) is 74.2 Å². The van der Waals surface area contributed by atoms with Crippen LogP contribution in [0.1, 0.15) is 41.7 Å². The first-order chi connectivity index (χ1) is 16.6. The van der Waals surface area contributed by atoms with Crippen molar-refractivity contribution in [2.75, 3.05) is 14.2 Å². The molecule has 176 valence electrons. The zero-order chi connectivity index (χ0) is 23.5. The van der Waals surface area contributed by atoms with E-state index < -0.39 is 0 Å². The van der Waals surface area contributed by atoms with Crippen LogP contribution >= 0.6 is 0 Å². The fourth-order valence-electron chi connectivity index (χ4n) is 5.13. The van der Waals surface area contributed by atoms with Crippen LogP contribution in [0.25, 0.3) is 11.1 Å². The fraction of sp³-hybridized carbons (Fsp3) is 0.357. The highest BCUT2D eigenvalue weighted by Gasteiger charge is 2.39. The van der Waals surface area contributed by atoms with Gasteiger partial charge in [0.25, 0.3) is 5.91 Å². The normalized spacial score (nSPS) is 21.8. The van der Waals surface area contributed by atoms with Gasteiger partial charge in [-0.15, -0.1) is 0 Å². The molecule has 2 fully saturated rings. The standard InChI is InChI=1S/C28H31N3O3/c1-31-22-9-10-23(31)16-26(15-22)34-25-5-3-4-19(14-25)17-30-28(32)27-13-8-21(18-29-27)20-6-11-24(33-2)12-7-20/h3-8,11-14,18,22-23,26H,9-10,15-17H2,1-2H3,(H,30,32)/t22-,23+,26+. The number of aromatic nitrogens is 1. The lowest BCUT2D eigenvalue weighted by molar-refractivity contribution is 0.0661. The molecule has 2 aliphatic rings. The Morgan fingerprint density at radius 3 is 2.41 bits per heavy atom. The number of pyridine rings is 1. The van der Waals surface area contributed by atoms with Crippen LogP contribution in [0, 0.1) is 0 Å². The van der Waals surface area contributed by atoms with Gasteiger partial charge in [-0.25, -0.2) is 0 Å². The number of nitrogens with zero attached hydrogens (tertiary/aromatic N) is 2. The zero-order valence-electron chi connectivity index (χ0n) is 19.7. The summed E-state index contributed by atoms with van der Waals surface area (Å²) < 4.78 is 11.5. The number of piperidine rings is 1. The molecule has 1 N–H and O–H groups in total. The first-order valence-electron chi connectivity index (χ1n) is 12.0. The van der Waals surface area contributed by atoms with E-state index in [0.29, 0.717) is 24.3 Å². The maximum Gasteiger partial charge on any atom is 0.270 e. The van der Waals surface area contributed by atoms with Crippen molar-refractivity contribution in [3.05, 3.63) is 78.1 Å². The Labute approximate surface area is 200 Å². The first kappa shape index (κ1) is 22.4. The van der Waals surface area contributed by atoms with E-state index in [-0.39, 0.29) is 12.0 Å². The summed E-state index contributed by atoms with van der Waals surface area (Å²) in [6.07, 6.45) is 6.73. The Morgan fingerprint density at radius 2 is 1.74 bits per heavy atom. The first-order valence-corrected chi connectivity index (χ1v) is 12.0. The maximum absolute atomic E-state index is 12.6. The van der Waals surface area contributed by atoms with Crippen LogP contribution in [0.4, 0.5) is 0 Å². The maximum atomic E-state index is 12.6. The Balaban J connectivity index is 1.16. The third-order valence-corrected chi connectivity index (χ3v) is 7.13. The Kier molecular flexibility index (Phi) is 6.50. The topological polar surface area (TPSA) is 63.7 Å². The van der Waals surface area contributed by atoms with E-state index in [1.54, 1.807) is 19.4 Å². The van der Waals surface area contributed by atoms with Gasteiger partial charge in [-0.1, -0.05) is 30.3 Å². The number of carbonyl (C=O) groups excluding carboxylic acids is 1. The molecule has 6 nitrogen and oxygen atoms in total. The summed E-state index contributed by atoms with van der Waals surface area (Å²) >= 11 is 0. The quantitative estimate of drug-likeness (QED) is 0.558. The van der Waals surface area contributed by atoms with Gasteiger partial charge in [0.05, 0.1) is 7.11 Å². The summed E-state index contributed by atoms with van der Waals surface area (Å²) in [4.78, 5) is 19.5. The van der Waals surface area contributed by atoms with Gasteiger partial charge >= 0.3 is 0 Å². The number of ether oxygens (including phenoxy) is 2. The monoisotopic (exact) mass is 457 g/mol. The number of amides is 1. The van der Waals surface area contributed by atoms with E-state index in [1.807, 2.05) is 54.6 Å². The van der Waals surface area contributed by atoms with Crippen LogP contribution < -0.4 is 14.8 Å². The number of hydrogen-bond donors (Lipinski definition) is 1. The molecule has 1 amide bonds. The van der Waals surface area contributed by atoms with Gasteiger partial charge in [-0.3, -0.25) is 9.78 Å². The fourth-order valence-corrected chi connectivity index (χ4v) is 5.13. The summed E-state index contributed by atoms with van der Waals surface area (Å²) in [6.45, 7) is 0.427. The molecule has 3 heterocycles. The van der Waals surface area contributed by atoms with E-state index in [0.717, 1.165) is 41.0 Å². The van der Waals surface area contributed by atoms with E-state index in [2.05, 4.69) is 22.2 Å². The Morgan fingerprint density at radius 1 is 1.00 bits per heavy atom. The minimum absolute atomic E-state index is 0.195. The van der Waals surface area contributed by atoms with E-state index >= 15 is 0 Å². The highest BCUT2D eigenvalue weighted by atomic mass is 16.5. The molecule has 5 rings (SSSR count). The molecule has 0 aliphatic carbocycles. The lowest BCUT2D eigenvalue weighted by Crippen LogP contribution is -2.43. The minimum atomic E-state index is -0.195. The van der Waals surface area contributed by atoms with Crippen molar-refractivity contribution < 1.29 is 14.3 Å². The number of benzene rings is 2. The summed E-state index contributed by atoms with van der Waals surface area (Å²) in [5.74, 6) is 1.49. The Bertz CT molecular complexity index is 1120. The molecular weight excluding hydrogens is 426 g/mol. The van der Waals surface area contributed by atoms with Crippen molar-refractivity contribution >= 4 is 5.91 Å². The second kappa shape index (κ2) is 9.85. The van der Waals surface area contributed by atoms with E-state index in [4.69, 9.17) is 9.47 Å². The van der Waals surface area contributed by atoms with Gasteiger partial charge in [0.15, 0.2) is 0 Å². The lowest BCUT2D eigenvalue weighted by atomic mass is 10.0. The van der Waals surface area contributed by atoms with Gasteiger partial charge in [-0.2, -0.15) is 0 Å². The van der Waals surface area contributed by atoms with Crippen molar-refractivity contribution in [3.63, 3.8) is 0 Å². The third kappa shape index (κ3) is 4.92. The molecule has 3 atom stereocenters. The number of rotatable bonds is 7. The molecule has 0 saturated carbocycles. The van der Waals surface area contributed by atoms with Crippen LogP contribution in [0.15, 0.2) is 66.9 Å². The van der Waals surface area contributed by atoms with Crippen molar-refractivity contribution in [2.24, 2.45) is 0 Å². The van der Waals surface area contributed by atoms with Crippen molar-refractivity contribution in [1.82, 2.24) is 15.2 Å². The number of hydrogen-bond acceptors (Lipinski definition) is 5. The van der Waals surface area contributed by atoms with Crippen LogP contribution in [0.5, 0.6) is 11.5 Å². The molecule has 1 aromatic heterocycles.